The number of hydrogen-bond donors (Lipinski definition) is 0. The number of aryl methyl sites for hydroxylation is 3. The summed E-state index contributed by atoms with van der Waals surface area (Å²) >= 11 is 0. The van der Waals surface area contributed by atoms with Gasteiger partial charge >= 0.3 is 0 Å². The van der Waals surface area contributed by atoms with E-state index in [4.69, 9.17) is 0 Å². The van der Waals surface area contributed by atoms with Crippen LogP contribution in [-0.4, -0.2) is 18.0 Å². The van der Waals surface area contributed by atoms with Gasteiger partial charge in [-0.1, -0.05) is 61.5 Å². The molecule has 0 fully saturated rings. The van der Waals surface area contributed by atoms with Crippen molar-refractivity contribution in [2.75, 3.05) is 13.1 Å². The summed E-state index contributed by atoms with van der Waals surface area (Å²) in [6, 6.07) is 17.0. The van der Waals surface area contributed by atoms with Gasteiger partial charge in [-0.25, -0.2) is 0 Å². The monoisotopic (exact) mass is 307 g/mol. The lowest BCUT2D eigenvalue weighted by atomic mass is 9.81. The van der Waals surface area contributed by atoms with E-state index in [1.165, 1.54) is 22.3 Å². The molecule has 2 aromatic carbocycles. The molecule has 0 radical (unpaired) electrons. The molecule has 122 valence electrons. The zero-order valence-corrected chi connectivity index (χ0v) is 15.1. The molecular formula is C22H29N. The Morgan fingerprint density at radius 1 is 0.870 bits per heavy atom. The van der Waals surface area contributed by atoms with Gasteiger partial charge in [0.15, 0.2) is 0 Å². The SMILES string of the molecule is CCN1C=CC(C)(c2ccccc2C)C1.Cc1ccccc1C. The van der Waals surface area contributed by atoms with Gasteiger partial charge < -0.3 is 4.90 Å². The van der Waals surface area contributed by atoms with Crippen LogP contribution in [0.4, 0.5) is 0 Å². The molecule has 1 aliphatic rings. The summed E-state index contributed by atoms with van der Waals surface area (Å²) < 4.78 is 0. The molecule has 0 spiro atoms. The second kappa shape index (κ2) is 7.50. The van der Waals surface area contributed by atoms with E-state index in [-0.39, 0.29) is 5.41 Å². The standard InChI is InChI=1S/C14H19N.C8H10/c1-4-15-10-9-14(3,11-15)13-8-6-5-7-12(13)2;1-7-5-3-4-6-8(7)2/h5-10H,4,11H2,1-3H3;3-6H,1-2H3. The summed E-state index contributed by atoms with van der Waals surface area (Å²) in [5.74, 6) is 0. The summed E-state index contributed by atoms with van der Waals surface area (Å²) in [5.41, 5.74) is 5.78. The van der Waals surface area contributed by atoms with Crippen LogP contribution in [0.5, 0.6) is 0 Å². The van der Waals surface area contributed by atoms with E-state index in [0.29, 0.717) is 0 Å². The Bertz CT molecular complexity index is 650. The molecule has 0 aromatic heterocycles. The topological polar surface area (TPSA) is 3.24 Å². The third kappa shape index (κ3) is 4.25. The van der Waals surface area contributed by atoms with E-state index in [2.05, 4.69) is 100 Å². The number of likely N-dealkylation sites (N-methyl/N-ethyl adjacent to an activating group) is 1. The predicted molar refractivity (Wildman–Crippen MR) is 101 cm³/mol. The van der Waals surface area contributed by atoms with Crippen molar-refractivity contribution < 1.29 is 0 Å². The molecule has 1 nitrogen and oxygen atoms in total. The first kappa shape index (κ1) is 17.3. The van der Waals surface area contributed by atoms with Gasteiger partial charge in [-0.05, 0) is 56.1 Å². The summed E-state index contributed by atoms with van der Waals surface area (Å²) in [4.78, 5) is 2.37. The van der Waals surface area contributed by atoms with Crippen LogP contribution in [-0.2, 0) is 5.41 Å². The zero-order valence-electron chi connectivity index (χ0n) is 15.1. The summed E-state index contributed by atoms with van der Waals surface area (Å²) in [5, 5.41) is 0. The number of rotatable bonds is 2. The Kier molecular flexibility index (Phi) is 5.65. The molecule has 1 heteroatoms. The minimum Gasteiger partial charge on any atom is -0.377 e. The quantitative estimate of drug-likeness (QED) is 0.717. The van der Waals surface area contributed by atoms with Crippen molar-refractivity contribution >= 4 is 0 Å². The average molecular weight is 307 g/mol. The summed E-state index contributed by atoms with van der Waals surface area (Å²) in [7, 11) is 0. The number of nitrogens with zero attached hydrogens (tertiary/aromatic N) is 1. The largest absolute Gasteiger partial charge is 0.377 e. The zero-order chi connectivity index (χ0) is 16.9. The molecule has 0 amide bonds. The Balaban J connectivity index is 0.000000203. The second-order valence-electron chi connectivity index (χ2n) is 6.70. The average Bonchev–Trinajstić information content (AvgIpc) is 2.94. The highest BCUT2D eigenvalue weighted by Crippen LogP contribution is 2.33. The molecule has 1 unspecified atom stereocenters. The van der Waals surface area contributed by atoms with Crippen molar-refractivity contribution in [3.05, 3.63) is 83.1 Å². The van der Waals surface area contributed by atoms with Gasteiger partial charge in [-0.2, -0.15) is 0 Å². The Hall–Kier alpha value is -2.02. The maximum Gasteiger partial charge on any atom is 0.0302 e. The van der Waals surface area contributed by atoms with Gasteiger partial charge in [0.25, 0.3) is 0 Å². The highest BCUT2D eigenvalue weighted by atomic mass is 15.1. The van der Waals surface area contributed by atoms with Crippen molar-refractivity contribution in [3.63, 3.8) is 0 Å². The maximum atomic E-state index is 2.37. The fraction of sp³-hybridized carbons (Fsp3) is 0.364. The van der Waals surface area contributed by atoms with E-state index in [9.17, 15) is 0 Å². The first-order chi connectivity index (χ1) is 11.0. The molecule has 2 aromatic rings. The van der Waals surface area contributed by atoms with Crippen LogP contribution in [0.3, 0.4) is 0 Å². The molecule has 0 aliphatic carbocycles. The predicted octanol–water partition coefficient (Wildman–Crippen LogP) is 5.41. The van der Waals surface area contributed by atoms with Crippen LogP contribution in [0.25, 0.3) is 0 Å². The van der Waals surface area contributed by atoms with Crippen LogP contribution in [0.15, 0.2) is 60.8 Å². The van der Waals surface area contributed by atoms with Crippen molar-refractivity contribution in [2.24, 2.45) is 0 Å². The second-order valence-corrected chi connectivity index (χ2v) is 6.70. The lowest BCUT2D eigenvalue weighted by Crippen LogP contribution is -2.29. The Morgan fingerprint density at radius 3 is 1.83 bits per heavy atom. The van der Waals surface area contributed by atoms with Crippen LogP contribution in [0, 0.1) is 20.8 Å². The van der Waals surface area contributed by atoms with Crippen LogP contribution >= 0.6 is 0 Å². The highest BCUT2D eigenvalue weighted by Gasteiger charge is 2.30. The van der Waals surface area contributed by atoms with Gasteiger partial charge in [-0.15, -0.1) is 0 Å². The fourth-order valence-electron chi connectivity index (χ4n) is 3.07. The van der Waals surface area contributed by atoms with E-state index in [0.717, 1.165) is 13.1 Å². The molecule has 0 saturated carbocycles. The fourth-order valence-corrected chi connectivity index (χ4v) is 3.07. The van der Waals surface area contributed by atoms with Crippen molar-refractivity contribution in [1.82, 2.24) is 4.90 Å². The van der Waals surface area contributed by atoms with E-state index < -0.39 is 0 Å². The first-order valence-electron chi connectivity index (χ1n) is 8.48. The van der Waals surface area contributed by atoms with Gasteiger partial charge in [0.05, 0.1) is 0 Å². The van der Waals surface area contributed by atoms with Crippen molar-refractivity contribution in [2.45, 2.75) is 40.0 Å². The molecule has 3 rings (SSSR count). The number of benzene rings is 2. The Morgan fingerprint density at radius 2 is 1.39 bits per heavy atom. The smallest absolute Gasteiger partial charge is 0.0302 e. The highest BCUT2D eigenvalue weighted by molar-refractivity contribution is 5.38. The van der Waals surface area contributed by atoms with Crippen LogP contribution < -0.4 is 0 Å². The van der Waals surface area contributed by atoms with Gasteiger partial charge in [-0.3, -0.25) is 0 Å². The van der Waals surface area contributed by atoms with Crippen molar-refractivity contribution in [1.29, 1.82) is 0 Å². The molecule has 0 N–H and O–H groups in total. The van der Waals surface area contributed by atoms with Crippen LogP contribution in [0.1, 0.15) is 36.1 Å². The van der Waals surface area contributed by atoms with Gasteiger partial charge in [0, 0.05) is 18.5 Å². The third-order valence-corrected chi connectivity index (χ3v) is 4.78. The minimum absolute atomic E-state index is 0.196. The van der Waals surface area contributed by atoms with E-state index in [1.54, 1.807) is 0 Å². The van der Waals surface area contributed by atoms with Gasteiger partial charge in [0.1, 0.15) is 0 Å². The van der Waals surface area contributed by atoms with Gasteiger partial charge in [0.2, 0.25) is 0 Å². The summed E-state index contributed by atoms with van der Waals surface area (Å²) in [6.07, 6.45) is 4.56. The third-order valence-electron chi connectivity index (χ3n) is 4.78. The molecule has 23 heavy (non-hydrogen) atoms. The normalized spacial score (nSPS) is 19.4. The maximum absolute atomic E-state index is 2.37. The van der Waals surface area contributed by atoms with Crippen LogP contribution in [0.2, 0.25) is 0 Å². The molecular weight excluding hydrogens is 278 g/mol. The lowest BCUT2D eigenvalue weighted by Gasteiger charge is -2.27. The summed E-state index contributed by atoms with van der Waals surface area (Å²) in [6.45, 7) is 13.2. The molecule has 0 saturated heterocycles. The van der Waals surface area contributed by atoms with Crippen molar-refractivity contribution in [3.8, 4) is 0 Å². The molecule has 1 heterocycles. The molecule has 0 bridgehead atoms. The van der Waals surface area contributed by atoms with E-state index in [1.807, 2.05) is 0 Å². The molecule has 1 aliphatic heterocycles. The molecule has 1 atom stereocenters. The van der Waals surface area contributed by atoms with E-state index >= 15 is 0 Å². The lowest BCUT2D eigenvalue weighted by molar-refractivity contribution is 0.369. The Labute approximate surface area is 141 Å². The first-order valence-corrected chi connectivity index (χ1v) is 8.48. The number of hydrogen-bond acceptors (Lipinski definition) is 1. The minimum atomic E-state index is 0.196.